The van der Waals surface area contributed by atoms with E-state index in [-0.39, 0.29) is 48.4 Å². The fourth-order valence-electron chi connectivity index (χ4n) is 2.64. The van der Waals surface area contributed by atoms with Crippen LogP contribution in [0.2, 0.25) is 0 Å². The fourth-order valence-corrected chi connectivity index (χ4v) is 3.66. The monoisotopic (exact) mass is 423 g/mol. The Morgan fingerprint density at radius 1 is 1.17 bits per heavy atom. The van der Waals surface area contributed by atoms with Gasteiger partial charge in [-0.05, 0) is 24.6 Å². The van der Waals surface area contributed by atoms with Crippen molar-refractivity contribution in [3.8, 4) is 12.0 Å². The predicted molar refractivity (Wildman–Crippen MR) is 105 cm³/mol. The number of fused-ring (bicyclic) bond motifs is 1. The van der Waals surface area contributed by atoms with Crippen molar-refractivity contribution < 1.29 is 28.6 Å². The Bertz CT molecular complexity index is 1040. The van der Waals surface area contributed by atoms with Gasteiger partial charge in [0.15, 0.2) is 17.0 Å². The number of anilines is 1. The summed E-state index contributed by atoms with van der Waals surface area (Å²) in [5.74, 6) is 0.0738. The third kappa shape index (κ3) is 4.65. The van der Waals surface area contributed by atoms with Gasteiger partial charge in [-0.1, -0.05) is 12.1 Å². The lowest BCUT2D eigenvalue weighted by atomic mass is 10.2. The molecule has 11 nitrogen and oxygen atoms in total. The van der Waals surface area contributed by atoms with Crippen LogP contribution in [-0.4, -0.2) is 56.4 Å². The molecule has 0 spiro atoms. The Kier molecular flexibility index (Phi) is 6.33. The third-order valence-corrected chi connectivity index (χ3v) is 5.57. The van der Waals surface area contributed by atoms with Gasteiger partial charge >= 0.3 is 13.6 Å². The SMILES string of the molecule is CCOP(=O)(O)c1ccc(Cn2c(O)nc3c(N)nc(OCCOC)nc32)cc1. The number of aromatic hydroxyl groups is 1. The summed E-state index contributed by atoms with van der Waals surface area (Å²) in [6, 6.07) is 6.07. The molecule has 0 saturated carbocycles. The highest BCUT2D eigenvalue weighted by atomic mass is 31.2. The van der Waals surface area contributed by atoms with Crippen molar-refractivity contribution in [1.29, 1.82) is 0 Å². The first-order chi connectivity index (χ1) is 13.9. The van der Waals surface area contributed by atoms with Crippen LogP contribution < -0.4 is 15.8 Å². The van der Waals surface area contributed by atoms with Crippen LogP contribution in [0.4, 0.5) is 5.82 Å². The molecule has 0 amide bonds. The molecule has 2 aromatic heterocycles. The topological polar surface area (TPSA) is 155 Å². The molecule has 12 heteroatoms. The summed E-state index contributed by atoms with van der Waals surface area (Å²) >= 11 is 0. The van der Waals surface area contributed by atoms with E-state index in [0.29, 0.717) is 12.3 Å². The summed E-state index contributed by atoms with van der Waals surface area (Å²) in [5, 5.41) is 10.4. The van der Waals surface area contributed by atoms with E-state index in [0.717, 1.165) is 5.56 Å². The number of rotatable bonds is 9. The van der Waals surface area contributed by atoms with Crippen molar-refractivity contribution in [3.05, 3.63) is 29.8 Å². The fraction of sp³-hybridized carbons (Fsp3) is 0.353. The number of methoxy groups -OCH3 is 1. The maximum atomic E-state index is 12.1. The minimum atomic E-state index is -3.84. The number of benzene rings is 1. The summed E-state index contributed by atoms with van der Waals surface area (Å²) in [7, 11) is -2.30. The lowest BCUT2D eigenvalue weighted by Crippen LogP contribution is -2.10. The van der Waals surface area contributed by atoms with Gasteiger partial charge in [0.1, 0.15) is 6.61 Å². The molecule has 0 fully saturated rings. The van der Waals surface area contributed by atoms with Gasteiger partial charge in [-0.3, -0.25) is 9.13 Å². The number of ether oxygens (including phenoxy) is 2. The maximum absolute atomic E-state index is 12.1. The number of hydrogen-bond donors (Lipinski definition) is 3. The van der Waals surface area contributed by atoms with Gasteiger partial charge in [0.25, 0.3) is 6.01 Å². The van der Waals surface area contributed by atoms with E-state index in [1.165, 1.54) is 16.7 Å². The first kappa shape index (κ1) is 21.0. The molecule has 0 aliphatic rings. The molecule has 3 aromatic rings. The highest BCUT2D eigenvalue weighted by Crippen LogP contribution is 2.40. The van der Waals surface area contributed by atoms with Crippen LogP contribution in [0.15, 0.2) is 24.3 Å². The zero-order valence-electron chi connectivity index (χ0n) is 16.0. The largest absolute Gasteiger partial charge is 0.480 e. The van der Waals surface area contributed by atoms with Gasteiger partial charge in [0.05, 0.1) is 25.1 Å². The van der Waals surface area contributed by atoms with Crippen LogP contribution in [0, 0.1) is 0 Å². The van der Waals surface area contributed by atoms with E-state index in [1.54, 1.807) is 26.2 Å². The Morgan fingerprint density at radius 3 is 2.55 bits per heavy atom. The van der Waals surface area contributed by atoms with Crippen LogP contribution in [0.25, 0.3) is 11.2 Å². The second-order valence-electron chi connectivity index (χ2n) is 6.01. The van der Waals surface area contributed by atoms with E-state index in [1.807, 2.05) is 0 Å². The Balaban J connectivity index is 1.89. The Morgan fingerprint density at radius 2 is 1.90 bits per heavy atom. The summed E-state index contributed by atoms with van der Waals surface area (Å²) in [6.45, 7) is 2.56. The standard InChI is InChI=1S/C17H22N5O6P/c1-3-28-29(24,25)12-6-4-11(5-7-12)10-22-15-13(19-17(22)23)14(18)20-16(21-15)27-9-8-26-2/h4-7H,3,8-10H2,1-2H3,(H,19,23)(H,24,25)(H2,18,20,21). The van der Waals surface area contributed by atoms with E-state index >= 15 is 0 Å². The molecule has 1 aromatic carbocycles. The van der Waals surface area contributed by atoms with Crippen molar-refractivity contribution in [2.75, 3.05) is 32.7 Å². The number of aromatic nitrogens is 4. The summed E-state index contributed by atoms with van der Waals surface area (Å²) in [5.41, 5.74) is 7.19. The Labute approximate surface area is 166 Å². The van der Waals surface area contributed by atoms with Crippen LogP contribution in [-0.2, 0) is 20.4 Å². The van der Waals surface area contributed by atoms with E-state index < -0.39 is 7.60 Å². The van der Waals surface area contributed by atoms with E-state index in [4.69, 9.17) is 19.7 Å². The van der Waals surface area contributed by atoms with Gasteiger partial charge in [-0.25, -0.2) is 0 Å². The van der Waals surface area contributed by atoms with Crippen molar-refractivity contribution in [2.45, 2.75) is 13.5 Å². The number of imidazole rings is 1. The molecule has 1 atom stereocenters. The second kappa shape index (κ2) is 8.75. The second-order valence-corrected chi connectivity index (χ2v) is 7.82. The number of nitrogens with two attached hydrogens (primary N) is 1. The molecular formula is C17H22N5O6P. The molecule has 29 heavy (non-hydrogen) atoms. The highest BCUT2D eigenvalue weighted by Gasteiger charge is 2.22. The zero-order valence-corrected chi connectivity index (χ0v) is 16.9. The van der Waals surface area contributed by atoms with Crippen molar-refractivity contribution in [1.82, 2.24) is 19.5 Å². The summed E-state index contributed by atoms with van der Waals surface area (Å²) in [4.78, 5) is 22.2. The molecular weight excluding hydrogens is 401 g/mol. The van der Waals surface area contributed by atoms with Gasteiger partial charge in [-0.2, -0.15) is 15.0 Å². The lowest BCUT2D eigenvalue weighted by molar-refractivity contribution is 0.141. The van der Waals surface area contributed by atoms with Gasteiger partial charge in [-0.15, -0.1) is 0 Å². The van der Waals surface area contributed by atoms with Crippen LogP contribution in [0.3, 0.4) is 0 Å². The van der Waals surface area contributed by atoms with Crippen LogP contribution in [0.5, 0.6) is 12.0 Å². The normalized spacial score (nSPS) is 13.5. The Hall–Kier alpha value is -2.72. The molecule has 2 heterocycles. The van der Waals surface area contributed by atoms with Gasteiger partial charge in [0, 0.05) is 7.11 Å². The highest BCUT2D eigenvalue weighted by molar-refractivity contribution is 7.61. The van der Waals surface area contributed by atoms with Crippen molar-refractivity contribution in [2.24, 2.45) is 0 Å². The summed E-state index contributed by atoms with van der Waals surface area (Å²) < 4.78 is 28.7. The number of nitrogens with zero attached hydrogens (tertiary/aromatic N) is 4. The van der Waals surface area contributed by atoms with Gasteiger partial charge in [0.2, 0.25) is 0 Å². The van der Waals surface area contributed by atoms with E-state index in [9.17, 15) is 14.6 Å². The molecule has 1 unspecified atom stereocenters. The molecule has 3 rings (SSSR count). The molecule has 0 radical (unpaired) electrons. The molecule has 0 aliphatic carbocycles. The first-order valence-corrected chi connectivity index (χ1v) is 10.3. The zero-order chi connectivity index (χ0) is 21.0. The van der Waals surface area contributed by atoms with Crippen molar-refractivity contribution in [3.63, 3.8) is 0 Å². The van der Waals surface area contributed by atoms with Crippen molar-refractivity contribution >= 4 is 29.9 Å². The average molecular weight is 423 g/mol. The average Bonchev–Trinajstić information content (AvgIpc) is 2.99. The van der Waals surface area contributed by atoms with Crippen LogP contribution >= 0.6 is 7.60 Å². The molecule has 156 valence electrons. The van der Waals surface area contributed by atoms with Crippen LogP contribution in [0.1, 0.15) is 12.5 Å². The third-order valence-electron chi connectivity index (χ3n) is 4.01. The molecule has 4 N–H and O–H groups in total. The minimum absolute atomic E-state index is 0.0430. The maximum Gasteiger partial charge on any atom is 0.358 e. The molecule has 0 saturated heterocycles. The molecule has 0 bridgehead atoms. The minimum Gasteiger partial charge on any atom is -0.480 e. The predicted octanol–water partition coefficient (Wildman–Crippen LogP) is 1.03. The van der Waals surface area contributed by atoms with Gasteiger partial charge < -0.3 is 29.7 Å². The molecule has 0 aliphatic heterocycles. The smallest absolute Gasteiger partial charge is 0.358 e. The quantitative estimate of drug-likeness (QED) is 0.336. The number of nitrogen functional groups attached to an aromatic ring is 1. The van der Waals surface area contributed by atoms with E-state index in [2.05, 4.69) is 15.0 Å². The lowest BCUT2D eigenvalue weighted by Gasteiger charge is -2.12. The number of hydrogen-bond acceptors (Lipinski definition) is 9. The first-order valence-electron chi connectivity index (χ1n) is 8.77. The summed E-state index contributed by atoms with van der Waals surface area (Å²) in [6.07, 6.45) is 0.